The molecule has 1 N–H and O–H groups in total. The maximum Gasteiger partial charge on any atom is 0.225 e. The van der Waals surface area contributed by atoms with E-state index in [9.17, 15) is 4.79 Å². The molecule has 1 aliphatic heterocycles. The van der Waals surface area contributed by atoms with Crippen molar-refractivity contribution < 1.29 is 4.79 Å². The molecule has 124 valence electrons. The van der Waals surface area contributed by atoms with E-state index in [0.29, 0.717) is 0 Å². The molecule has 3 rings (SSSR count). The zero-order valence-corrected chi connectivity index (χ0v) is 14.1. The van der Waals surface area contributed by atoms with Gasteiger partial charge >= 0.3 is 0 Å². The van der Waals surface area contributed by atoms with Crippen molar-refractivity contribution in [3.05, 3.63) is 30.1 Å². The van der Waals surface area contributed by atoms with Gasteiger partial charge in [-0.25, -0.2) is 4.98 Å². The Morgan fingerprint density at radius 3 is 2.78 bits per heavy atom. The molecule has 1 aromatic carbocycles. The van der Waals surface area contributed by atoms with Gasteiger partial charge in [-0.15, -0.1) is 0 Å². The van der Waals surface area contributed by atoms with Crippen molar-refractivity contribution in [1.29, 1.82) is 0 Å². The lowest BCUT2D eigenvalue weighted by Crippen LogP contribution is -2.39. The van der Waals surface area contributed by atoms with Crippen LogP contribution < -0.4 is 5.32 Å². The third-order valence-corrected chi connectivity index (χ3v) is 4.67. The Bertz CT molecular complexity index is 695. The number of aromatic nitrogens is 2. The maximum atomic E-state index is 12.1. The molecule has 1 saturated heterocycles. The molecule has 0 aliphatic carbocycles. The van der Waals surface area contributed by atoms with E-state index in [1.54, 1.807) is 7.05 Å². The molecule has 1 amide bonds. The molecule has 1 aromatic heterocycles. The summed E-state index contributed by atoms with van der Waals surface area (Å²) in [6, 6.07) is 8.19. The normalized spacial score (nSPS) is 20.6. The number of nitrogens with one attached hydrogen (secondary N) is 1. The molecule has 2 heterocycles. The molecular formula is C17H25N5O. The van der Waals surface area contributed by atoms with Crippen molar-refractivity contribution in [2.75, 3.05) is 40.3 Å². The maximum absolute atomic E-state index is 12.1. The second-order valence-corrected chi connectivity index (χ2v) is 6.38. The van der Waals surface area contributed by atoms with Crippen LogP contribution in [0.25, 0.3) is 11.0 Å². The molecule has 23 heavy (non-hydrogen) atoms. The molecule has 0 bridgehead atoms. The van der Waals surface area contributed by atoms with Crippen LogP contribution in [-0.2, 0) is 18.4 Å². The highest BCUT2D eigenvalue weighted by atomic mass is 16.1. The molecule has 0 unspecified atom stereocenters. The fourth-order valence-corrected chi connectivity index (χ4v) is 3.29. The lowest BCUT2D eigenvalue weighted by atomic mass is 10.1. The zero-order valence-electron chi connectivity index (χ0n) is 14.1. The van der Waals surface area contributed by atoms with Crippen LogP contribution in [0.2, 0.25) is 0 Å². The Morgan fingerprint density at radius 2 is 2.04 bits per heavy atom. The van der Waals surface area contributed by atoms with Gasteiger partial charge in [-0.05, 0) is 19.2 Å². The first-order chi connectivity index (χ1) is 11.1. The molecule has 0 spiro atoms. The number of carbonyl (C=O) groups is 1. The number of likely N-dealkylation sites (N-methyl/N-ethyl adjacent to an activating group) is 1. The summed E-state index contributed by atoms with van der Waals surface area (Å²) in [4.78, 5) is 21.4. The lowest BCUT2D eigenvalue weighted by molar-refractivity contribution is -0.125. The summed E-state index contributed by atoms with van der Waals surface area (Å²) in [7, 11) is 5.85. The summed E-state index contributed by atoms with van der Waals surface area (Å²) in [6.45, 7) is 4.27. The smallest absolute Gasteiger partial charge is 0.225 e. The van der Waals surface area contributed by atoms with E-state index >= 15 is 0 Å². The fraction of sp³-hybridized carbons (Fsp3) is 0.529. The Labute approximate surface area is 137 Å². The zero-order chi connectivity index (χ0) is 16.4. The van der Waals surface area contributed by atoms with E-state index in [2.05, 4.69) is 39.8 Å². The summed E-state index contributed by atoms with van der Waals surface area (Å²) in [5, 5.41) is 2.79. The summed E-state index contributed by atoms with van der Waals surface area (Å²) >= 11 is 0. The van der Waals surface area contributed by atoms with Gasteiger partial charge in [0.2, 0.25) is 5.91 Å². The first kappa shape index (κ1) is 16.0. The van der Waals surface area contributed by atoms with Crippen molar-refractivity contribution in [1.82, 2.24) is 24.7 Å². The molecular weight excluding hydrogens is 290 g/mol. The minimum atomic E-state index is 0.00202. The van der Waals surface area contributed by atoms with Gasteiger partial charge in [0.15, 0.2) is 0 Å². The molecule has 1 atom stereocenters. The predicted octanol–water partition coefficient (Wildman–Crippen LogP) is 0.683. The third kappa shape index (κ3) is 3.38. The molecule has 0 radical (unpaired) electrons. The van der Waals surface area contributed by atoms with Crippen LogP contribution in [0.3, 0.4) is 0 Å². The number of hydrogen-bond acceptors (Lipinski definition) is 4. The lowest BCUT2D eigenvalue weighted by Gasteiger charge is -2.22. The van der Waals surface area contributed by atoms with E-state index in [0.717, 1.165) is 49.6 Å². The number of hydrogen-bond donors (Lipinski definition) is 1. The predicted molar refractivity (Wildman–Crippen MR) is 91.0 cm³/mol. The molecule has 2 aromatic rings. The van der Waals surface area contributed by atoms with Gasteiger partial charge in [-0.3, -0.25) is 9.69 Å². The van der Waals surface area contributed by atoms with Crippen molar-refractivity contribution in [2.24, 2.45) is 13.0 Å². The monoisotopic (exact) mass is 315 g/mol. The first-order valence-corrected chi connectivity index (χ1v) is 8.11. The van der Waals surface area contributed by atoms with Crippen LogP contribution in [0.4, 0.5) is 0 Å². The minimum absolute atomic E-state index is 0.00202. The van der Waals surface area contributed by atoms with Crippen molar-refractivity contribution in [3.8, 4) is 0 Å². The summed E-state index contributed by atoms with van der Waals surface area (Å²) < 4.78 is 2.15. The molecule has 0 saturated carbocycles. The SMILES string of the molecule is CNC(=O)[C@@H]1CN(C)CCN(Cc2nc3ccccc3n2C)C1. The van der Waals surface area contributed by atoms with Gasteiger partial charge in [0, 0.05) is 40.3 Å². The fourth-order valence-electron chi connectivity index (χ4n) is 3.29. The number of para-hydroxylation sites is 2. The van der Waals surface area contributed by atoms with Gasteiger partial charge < -0.3 is 14.8 Å². The molecule has 6 nitrogen and oxygen atoms in total. The second-order valence-electron chi connectivity index (χ2n) is 6.38. The number of carbonyl (C=O) groups excluding carboxylic acids is 1. The van der Waals surface area contributed by atoms with Gasteiger partial charge in [-0.1, -0.05) is 12.1 Å². The highest BCUT2D eigenvalue weighted by molar-refractivity contribution is 5.79. The van der Waals surface area contributed by atoms with E-state index < -0.39 is 0 Å². The van der Waals surface area contributed by atoms with E-state index in [-0.39, 0.29) is 11.8 Å². The van der Waals surface area contributed by atoms with Crippen LogP contribution in [0.15, 0.2) is 24.3 Å². The Hall–Kier alpha value is -1.92. The summed E-state index contributed by atoms with van der Waals surface area (Å²) in [5.74, 6) is 1.17. The Morgan fingerprint density at radius 1 is 1.26 bits per heavy atom. The summed E-state index contributed by atoms with van der Waals surface area (Å²) in [5.41, 5.74) is 2.18. The van der Waals surface area contributed by atoms with Crippen molar-refractivity contribution in [2.45, 2.75) is 6.54 Å². The summed E-state index contributed by atoms with van der Waals surface area (Å²) in [6.07, 6.45) is 0. The van der Waals surface area contributed by atoms with Crippen molar-refractivity contribution >= 4 is 16.9 Å². The van der Waals surface area contributed by atoms with E-state index in [1.807, 2.05) is 18.2 Å². The number of nitrogens with zero attached hydrogens (tertiary/aromatic N) is 4. The quantitative estimate of drug-likeness (QED) is 0.905. The minimum Gasteiger partial charge on any atom is -0.359 e. The standard InChI is InChI=1S/C17H25N5O/c1-18-17(23)13-10-20(2)8-9-22(11-13)12-16-19-14-6-4-5-7-15(14)21(16)3/h4-7,13H,8-12H2,1-3H3,(H,18,23)/t13-/m1/s1. The Balaban J connectivity index is 1.79. The third-order valence-electron chi connectivity index (χ3n) is 4.67. The van der Waals surface area contributed by atoms with Crippen LogP contribution in [0, 0.1) is 5.92 Å². The number of aryl methyl sites for hydroxylation is 1. The average Bonchev–Trinajstić information content (AvgIpc) is 2.74. The average molecular weight is 315 g/mol. The van der Waals surface area contributed by atoms with Crippen LogP contribution in [0.1, 0.15) is 5.82 Å². The number of benzene rings is 1. The van der Waals surface area contributed by atoms with Gasteiger partial charge in [0.05, 0.1) is 23.5 Å². The molecule has 6 heteroatoms. The van der Waals surface area contributed by atoms with Crippen LogP contribution in [0.5, 0.6) is 0 Å². The number of rotatable bonds is 3. The van der Waals surface area contributed by atoms with E-state index in [4.69, 9.17) is 4.98 Å². The van der Waals surface area contributed by atoms with Gasteiger partial charge in [-0.2, -0.15) is 0 Å². The van der Waals surface area contributed by atoms with Crippen molar-refractivity contribution in [3.63, 3.8) is 0 Å². The number of fused-ring (bicyclic) bond motifs is 1. The highest BCUT2D eigenvalue weighted by Gasteiger charge is 2.26. The molecule has 1 fully saturated rings. The first-order valence-electron chi connectivity index (χ1n) is 8.11. The highest BCUT2D eigenvalue weighted by Crippen LogP contribution is 2.17. The van der Waals surface area contributed by atoms with Crippen LogP contribution in [-0.4, -0.2) is 65.5 Å². The second kappa shape index (κ2) is 6.68. The van der Waals surface area contributed by atoms with Gasteiger partial charge in [0.1, 0.15) is 5.82 Å². The van der Waals surface area contributed by atoms with Crippen LogP contribution >= 0.6 is 0 Å². The number of amides is 1. The topological polar surface area (TPSA) is 53.4 Å². The van der Waals surface area contributed by atoms with Gasteiger partial charge in [0.25, 0.3) is 0 Å². The Kier molecular flexibility index (Phi) is 4.63. The number of imidazole rings is 1. The largest absolute Gasteiger partial charge is 0.359 e. The van der Waals surface area contributed by atoms with E-state index in [1.165, 1.54) is 0 Å². The molecule has 1 aliphatic rings.